The van der Waals surface area contributed by atoms with Crippen molar-refractivity contribution in [3.05, 3.63) is 12.2 Å². The van der Waals surface area contributed by atoms with Gasteiger partial charge in [-0.2, -0.15) is 0 Å². The highest BCUT2D eigenvalue weighted by molar-refractivity contribution is 5.76. The Balaban J connectivity index is 0. The van der Waals surface area contributed by atoms with Crippen LogP contribution in [-0.4, -0.2) is 24.9 Å². The van der Waals surface area contributed by atoms with Gasteiger partial charge >= 0.3 is 0 Å². The Morgan fingerprint density at radius 2 is 1.71 bits per heavy atom. The monoisotopic (exact) mass is 242 g/mol. The Labute approximate surface area is 105 Å². The fraction of sp³-hybridized carbons (Fsp3) is 0.692. The maximum Gasteiger partial charge on any atom is 0.220 e. The maximum atomic E-state index is 10.9. The third kappa shape index (κ3) is 12.6. The zero-order valence-corrected chi connectivity index (χ0v) is 11.7. The summed E-state index contributed by atoms with van der Waals surface area (Å²) in [6.45, 7) is 11.4. The predicted molar refractivity (Wildman–Crippen MR) is 71.7 cm³/mol. The molecule has 0 aliphatic carbocycles. The molecule has 4 heteroatoms. The van der Waals surface area contributed by atoms with E-state index in [0.717, 1.165) is 5.57 Å². The standard InChI is InChI=1S/C10H18N2O2.C3H8/c1-7(5-6-10(14)11-4)8(2)12-9(3)13;1-3-2/h8H,1,5-6H2,2-4H3,(H,11,14)(H,12,13);3H2,1-2H3/t8-;/m0./s1. The van der Waals surface area contributed by atoms with Gasteiger partial charge in [-0.25, -0.2) is 0 Å². The number of nitrogens with one attached hydrogen (secondary N) is 2. The van der Waals surface area contributed by atoms with E-state index in [0.29, 0.717) is 12.8 Å². The average molecular weight is 242 g/mol. The van der Waals surface area contributed by atoms with Crippen molar-refractivity contribution in [3.63, 3.8) is 0 Å². The molecule has 0 aromatic rings. The molecule has 2 N–H and O–H groups in total. The minimum absolute atomic E-state index is 0.0128. The van der Waals surface area contributed by atoms with E-state index in [1.54, 1.807) is 7.05 Å². The molecule has 2 amide bonds. The highest BCUT2D eigenvalue weighted by atomic mass is 16.2. The summed E-state index contributed by atoms with van der Waals surface area (Å²) in [6.07, 6.45) is 2.26. The number of carbonyl (C=O) groups is 2. The molecule has 0 aliphatic heterocycles. The molecule has 1 atom stereocenters. The zero-order chi connectivity index (χ0) is 13.8. The average Bonchev–Trinajstić information content (AvgIpc) is 2.25. The van der Waals surface area contributed by atoms with Crippen molar-refractivity contribution in [1.82, 2.24) is 10.6 Å². The highest BCUT2D eigenvalue weighted by Gasteiger charge is 2.08. The van der Waals surface area contributed by atoms with E-state index in [2.05, 4.69) is 31.1 Å². The summed E-state index contributed by atoms with van der Waals surface area (Å²) >= 11 is 0. The van der Waals surface area contributed by atoms with Crippen LogP contribution in [0.5, 0.6) is 0 Å². The van der Waals surface area contributed by atoms with E-state index in [4.69, 9.17) is 0 Å². The fourth-order valence-corrected chi connectivity index (χ4v) is 1.02. The van der Waals surface area contributed by atoms with Crippen molar-refractivity contribution in [2.75, 3.05) is 7.05 Å². The van der Waals surface area contributed by atoms with Gasteiger partial charge < -0.3 is 10.6 Å². The number of hydrogen-bond donors (Lipinski definition) is 2. The smallest absolute Gasteiger partial charge is 0.220 e. The predicted octanol–water partition coefficient (Wildman–Crippen LogP) is 2.01. The van der Waals surface area contributed by atoms with Gasteiger partial charge in [-0.1, -0.05) is 32.4 Å². The summed E-state index contributed by atoms with van der Waals surface area (Å²) in [7, 11) is 1.60. The topological polar surface area (TPSA) is 58.2 Å². The SMILES string of the molecule is C=C(CCC(=O)NC)[C@H](C)NC(C)=O.CCC. The summed E-state index contributed by atoms with van der Waals surface area (Å²) in [4.78, 5) is 21.6. The summed E-state index contributed by atoms with van der Waals surface area (Å²) < 4.78 is 0. The Bertz CT molecular complexity index is 250. The minimum atomic E-state index is -0.0846. The van der Waals surface area contributed by atoms with Crippen LogP contribution in [-0.2, 0) is 9.59 Å². The first-order chi connectivity index (χ1) is 7.88. The van der Waals surface area contributed by atoms with Crippen LogP contribution < -0.4 is 10.6 Å². The van der Waals surface area contributed by atoms with Gasteiger partial charge in [0.25, 0.3) is 0 Å². The van der Waals surface area contributed by atoms with Gasteiger partial charge in [-0.05, 0) is 13.3 Å². The first-order valence-corrected chi connectivity index (χ1v) is 6.04. The van der Waals surface area contributed by atoms with Gasteiger partial charge in [0.15, 0.2) is 0 Å². The highest BCUT2D eigenvalue weighted by Crippen LogP contribution is 2.07. The zero-order valence-electron chi connectivity index (χ0n) is 11.7. The molecule has 0 aliphatic rings. The normalized spacial score (nSPS) is 10.6. The van der Waals surface area contributed by atoms with Crippen LogP contribution in [0.1, 0.15) is 47.0 Å². The first-order valence-electron chi connectivity index (χ1n) is 6.04. The van der Waals surface area contributed by atoms with E-state index in [1.807, 2.05) is 6.92 Å². The van der Waals surface area contributed by atoms with Gasteiger partial charge in [-0.3, -0.25) is 9.59 Å². The van der Waals surface area contributed by atoms with Gasteiger partial charge in [-0.15, -0.1) is 0 Å². The molecule has 0 saturated heterocycles. The van der Waals surface area contributed by atoms with Crippen molar-refractivity contribution in [2.24, 2.45) is 0 Å². The summed E-state index contributed by atoms with van der Waals surface area (Å²) in [5, 5.41) is 5.25. The molecule has 0 bridgehead atoms. The quantitative estimate of drug-likeness (QED) is 0.725. The Morgan fingerprint density at radius 1 is 1.24 bits per heavy atom. The van der Waals surface area contributed by atoms with Crippen molar-refractivity contribution < 1.29 is 9.59 Å². The molecule has 0 spiro atoms. The summed E-state index contributed by atoms with van der Waals surface area (Å²) in [5.41, 5.74) is 0.865. The van der Waals surface area contributed by atoms with Crippen LogP contribution in [0.4, 0.5) is 0 Å². The van der Waals surface area contributed by atoms with Crippen LogP contribution in [0.2, 0.25) is 0 Å². The molecule has 0 fully saturated rings. The third-order valence-corrected chi connectivity index (χ3v) is 1.98. The molecule has 17 heavy (non-hydrogen) atoms. The van der Waals surface area contributed by atoms with E-state index in [1.165, 1.54) is 13.3 Å². The van der Waals surface area contributed by atoms with Crippen LogP contribution in [0.25, 0.3) is 0 Å². The molecule has 100 valence electrons. The lowest BCUT2D eigenvalue weighted by Crippen LogP contribution is -2.32. The number of amides is 2. The van der Waals surface area contributed by atoms with Gasteiger partial charge in [0.05, 0.1) is 0 Å². The van der Waals surface area contributed by atoms with E-state index >= 15 is 0 Å². The van der Waals surface area contributed by atoms with Crippen molar-refractivity contribution in [3.8, 4) is 0 Å². The molecule has 0 saturated carbocycles. The third-order valence-electron chi connectivity index (χ3n) is 1.98. The lowest BCUT2D eigenvalue weighted by Gasteiger charge is -2.14. The second kappa shape index (κ2) is 11.2. The van der Waals surface area contributed by atoms with E-state index < -0.39 is 0 Å². The molecule has 0 heterocycles. The van der Waals surface area contributed by atoms with Crippen LogP contribution >= 0.6 is 0 Å². The molecule has 4 nitrogen and oxygen atoms in total. The number of rotatable bonds is 5. The molecule has 0 rings (SSSR count). The number of hydrogen-bond acceptors (Lipinski definition) is 2. The van der Waals surface area contributed by atoms with Crippen LogP contribution in [0.15, 0.2) is 12.2 Å². The Morgan fingerprint density at radius 3 is 2.06 bits per heavy atom. The van der Waals surface area contributed by atoms with Crippen LogP contribution in [0, 0.1) is 0 Å². The Hall–Kier alpha value is -1.32. The lowest BCUT2D eigenvalue weighted by molar-refractivity contribution is -0.120. The van der Waals surface area contributed by atoms with Gasteiger partial charge in [0.2, 0.25) is 11.8 Å². The molecular weight excluding hydrogens is 216 g/mol. The van der Waals surface area contributed by atoms with Crippen molar-refractivity contribution >= 4 is 11.8 Å². The van der Waals surface area contributed by atoms with Crippen molar-refractivity contribution in [2.45, 2.75) is 53.0 Å². The first kappa shape index (κ1) is 18.1. The second-order valence-electron chi connectivity index (χ2n) is 3.96. The van der Waals surface area contributed by atoms with E-state index in [-0.39, 0.29) is 17.9 Å². The van der Waals surface area contributed by atoms with Crippen molar-refractivity contribution in [1.29, 1.82) is 0 Å². The lowest BCUT2D eigenvalue weighted by atomic mass is 10.1. The maximum absolute atomic E-state index is 10.9. The van der Waals surface area contributed by atoms with Gasteiger partial charge in [0, 0.05) is 26.4 Å². The summed E-state index contributed by atoms with van der Waals surface area (Å²) in [5.74, 6) is -0.0974. The molecule has 0 unspecified atom stereocenters. The van der Waals surface area contributed by atoms with Gasteiger partial charge in [0.1, 0.15) is 0 Å². The van der Waals surface area contributed by atoms with Crippen LogP contribution in [0.3, 0.4) is 0 Å². The summed E-state index contributed by atoms with van der Waals surface area (Å²) in [6, 6.07) is -0.0721. The largest absolute Gasteiger partial charge is 0.359 e. The minimum Gasteiger partial charge on any atom is -0.359 e. The molecular formula is C13H26N2O2. The number of carbonyl (C=O) groups excluding carboxylic acids is 2. The Kier molecular flexibility index (Phi) is 11.9. The molecule has 0 aromatic carbocycles. The fourth-order valence-electron chi connectivity index (χ4n) is 1.02. The molecule has 0 radical (unpaired) electrons. The second-order valence-corrected chi connectivity index (χ2v) is 3.96. The van der Waals surface area contributed by atoms with E-state index in [9.17, 15) is 9.59 Å². The molecule has 0 aromatic heterocycles.